The van der Waals surface area contributed by atoms with Crippen LogP contribution in [-0.2, 0) is 21.2 Å². The number of hydrogen-bond donors (Lipinski definition) is 3. The maximum Gasteiger partial charge on any atom is 0.414 e. The zero-order valence-corrected chi connectivity index (χ0v) is 18.7. The Labute approximate surface area is 190 Å². The predicted molar refractivity (Wildman–Crippen MR) is 120 cm³/mol. The molecule has 1 heterocycles. The fourth-order valence-corrected chi connectivity index (χ4v) is 4.13. The fourth-order valence-electron chi connectivity index (χ4n) is 3.50. The van der Waals surface area contributed by atoms with E-state index in [9.17, 15) is 18.5 Å². The summed E-state index contributed by atoms with van der Waals surface area (Å²) in [6, 6.07) is 11.4. The number of sulfone groups is 1. The normalized spacial score (nSPS) is 13.8. The van der Waals surface area contributed by atoms with E-state index >= 15 is 4.39 Å². The summed E-state index contributed by atoms with van der Waals surface area (Å²) in [7, 11) is -3.28. The molecule has 3 rings (SSSR count). The van der Waals surface area contributed by atoms with Crippen LogP contribution in [0.25, 0.3) is 0 Å². The number of piperazine rings is 1. The molecule has 0 aromatic heterocycles. The molecule has 1 amide bonds. The molecule has 0 radical (unpaired) electrons. The van der Waals surface area contributed by atoms with Gasteiger partial charge in [-0.25, -0.2) is 17.6 Å². The van der Waals surface area contributed by atoms with Crippen LogP contribution in [0.2, 0.25) is 0 Å². The third-order valence-corrected chi connectivity index (χ3v) is 6.27. The lowest BCUT2D eigenvalue weighted by atomic mass is 10.1. The van der Waals surface area contributed by atoms with Crippen molar-refractivity contribution in [3.8, 4) is 6.07 Å². The number of anilines is 2. The summed E-state index contributed by atoms with van der Waals surface area (Å²) in [5.41, 5.74) is 6.29. The lowest BCUT2D eigenvalue weighted by Crippen LogP contribution is -2.47. The second kappa shape index (κ2) is 9.74. The van der Waals surface area contributed by atoms with Crippen molar-refractivity contribution in [1.29, 1.82) is 10.7 Å². The number of nitrogens with one attached hydrogen (secondary N) is 2. The molecule has 0 unspecified atom stereocenters. The molecular weight excluding hydrogens is 451 g/mol. The Hall–Kier alpha value is -3.85. The van der Waals surface area contributed by atoms with Crippen LogP contribution in [0.4, 0.5) is 20.6 Å². The topological polar surface area (TPSA) is 153 Å². The number of amides is 1. The summed E-state index contributed by atoms with van der Waals surface area (Å²) in [5.74, 6) is -1.25. The average Bonchev–Trinajstić information content (AvgIpc) is 2.77. The van der Waals surface area contributed by atoms with Crippen molar-refractivity contribution < 1.29 is 22.3 Å². The molecule has 2 aromatic carbocycles. The number of nitrogens with two attached hydrogens (primary N) is 1. The van der Waals surface area contributed by atoms with E-state index in [4.69, 9.17) is 15.9 Å². The van der Waals surface area contributed by atoms with Crippen LogP contribution in [0.3, 0.4) is 0 Å². The number of alkyl carbamates (subject to hydrolysis) is 1. The molecule has 12 heteroatoms. The molecule has 174 valence electrons. The van der Waals surface area contributed by atoms with E-state index in [1.165, 1.54) is 12.1 Å². The quantitative estimate of drug-likeness (QED) is 0.436. The lowest BCUT2D eigenvalue weighted by Gasteiger charge is -2.38. The number of halogens is 1. The van der Waals surface area contributed by atoms with Crippen molar-refractivity contribution in [2.45, 2.75) is 11.5 Å². The highest BCUT2D eigenvalue weighted by atomic mass is 32.2. The van der Waals surface area contributed by atoms with Gasteiger partial charge in [0.05, 0.1) is 16.1 Å². The molecule has 1 aliphatic heterocycles. The maximum absolute atomic E-state index is 15.3. The first-order valence-corrected chi connectivity index (χ1v) is 11.8. The number of ether oxygens (including phenoxy) is 1. The number of rotatable bonds is 5. The lowest BCUT2D eigenvalue weighted by molar-refractivity contribution is 0.143. The van der Waals surface area contributed by atoms with Crippen LogP contribution in [0, 0.1) is 22.6 Å². The number of nitriles is 1. The Morgan fingerprint density at radius 1 is 1.18 bits per heavy atom. The van der Waals surface area contributed by atoms with Crippen LogP contribution in [0.5, 0.6) is 0 Å². The van der Waals surface area contributed by atoms with E-state index < -0.39 is 34.3 Å². The van der Waals surface area contributed by atoms with Gasteiger partial charge in [-0.05, 0) is 30.3 Å². The monoisotopic (exact) mass is 474 g/mol. The van der Waals surface area contributed by atoms with Gasteiger partial charge in [-0.3, -0.25) is 10.7 Å². The molecule has 2 aromatic rings. The Morgan fingerprint density at radius 2 is 1.79 bits per heavy atom. The van der Waals surface area contributed by atoms with Gasteiger partial charge < -0.3 is 20.3 Å². The summed E-state index contributed by atoms with van der Waals surface area (Å²) < 4.78 is 43.4. The van der Waals surface area contributed by atoms with Gasteiger partial charge in [-0.1, -0.05) is 6.07 Å². The van der Waals surface area contributed by atoms with E-state index in [0.29, 0.717) is 26.2 Å². The standard InChI is InChI=1S/C21H23FN6O4S/c1-33(30,31)17-6-4-16(5-7-17)27-8-10-28(11-9-27)19-14(12-23)2-3-15(18(19)22)13-32-21(29)26-20(24)25/h2-7H,8-11,13H2,1H3,(H4,24,25,26,29). The maximum atomic E-state index is 15.3. The van der Waals surface area contributed by atoms with Crippen molar-refractivity contribution in [3.05, 3.63) is 53.3 Å². The Balaban J connectivity index is 1.73. The van der Waals surface area contributed by atoms with Gasteiger partial charge >= 0.3 is 6.09 Å². The Morgan fingerprint density at radius 3 is 2.33 bits per heavy atom. The number of benzene rings is 2. The third-order valence-electron chi connectivity index (χ3n) is 5.14. The van der Waals surface area contributed by atoms with Crippen LogP contribution in [0.15, 0.2) is 41.3 Å². The van der Waals surface area contributed by atoms with Crippen LogP contribution in [0.1, 0.15) is 11.1 Å². The fraction of sp³-hybridized carbons (Fsp3) is 0.286. The molecule has 33 heavy (non-hydrogen) atoms. The van der Waals surface area contributed by atoms with Crippen LogP contribution in [-0.4, -0.2) is 52.9 Å². The highest BCUT2D eigenvalue weighted by molar-refractivity contribution is 7.90. The number of hydrogen-bond acceptors (Lipinski definition) is 8. The first-order chi connectivity index (χ1) is 15.6. The van der Waals surface area contributed by atoms with E-state index in [-0.39, 0.29) is 21.7 Å². The third kappa shape index (κ3) is 5.69. The zero-order chi connectivity index (χ0) is 24.2. The van der Waals surface area contributed by atoms with Crippen molar-refractivity contribution in [1.82, 2.24) is 5.32 Å². The summed E-state index contributed by atoms with van der Waals surface area (Å²) in [5, 5.41) is 18.4. The predicted octanol–water partition coefficient (Wildman–Crippen LogP) is 1.55. The van der Waals surface area contributed by atoms with Gasteiger partial charge in [-0.15, -0.1) is 0 Å². The van der Waals surface area contributed by atoms with Crippen molar-refractivity contribution >= 4 is 33.3 Å². The first kappa shape index (κ1) is 23.8. The molecule has 1 aliphatic rings. The summed E-state index contributed by atoms with van der Waals surface area (Å²) in [6.45, 7) is 1.52. The highest BCUT2D eigenvalue weighted by Gasteiger charge is 2.24. The Bertz CT molecular complexity index is 1200. The molecule has 0 aliphatic carbocycles. The molecule has 0 atom stereocenters. The van der Waals surface area contributed by atoms with Gasteiger partial charge in [0.2, 0.25) is 0 Å². The van der Waals surface area contributed by atoms with Crippen LogP contribution < -0.4 is 20.9 Å². The summed E-state index contributed by atoms with van der Waals surface area (Å²) in [6.07, 6.45) is 0.167. The number of carbonyl (C=O) groups excluding carboxylic acids is 1. The van der Waals surface area contributed by atoms with E-state index in [2.05, 4.69) is 0 Å². The molecule has 0 spiro atoms. The molecule has 10 nitrogen and oxygen atoms in total. The van der Waals surface area contributed by atoms with Crippen molar-refractivity contribution in [2.24, 2.45) is 5.73 Å². The minimum Gasteiger partial charge on any atom is -0.444 e. The largest absolute Gasteiger partial charge is 0.444 e. The number of guanidine groups is 1. The summed E-state index contributed by atoms with van der Waals surface area (Å²) in [4.78, 5) is 15.6. The van der Waals surface area contributed by atoms with E-state index in [1.807, 2.05) is 16.3 Å². The van der Waals surface area contributed by atoms with Gasteiger partial charge in [0, 0.05) is 43.7 Å². The Kier molecular flexibility index (Phi) is 7.03. The van der Waals surface area contributed by atoms with Crippen molar-refractivity contribution in [2.75, 3.05) is 42.2 Å². The van der Waals surface area contributed by atoms with E-state index in [0.717, 1.165) is 11.9 Å². The first-order valence-electron chi connectivity index (χ1n) is 9.89. The van der Waals surface area contributed by atoms with E-state index in [1.54, 1.807) is 29.2 Å². The molecule has 0 saturated carbocycles. The smallest absolute Gasteiger partial charge is 0.414 e. The molecule has 1 saturated heterocycles. The second-order valence-electron chi connectivity index (χ2n) is 7.40. The second-order valence-corrected chi connectivity index (χ2v) is 9.42. The minimum absolute atomic E-state index is 0.0847. The molecule has 0 bridgehead atoms. The molecule has 4 N–H and O–H groups in total. The molecular formula is C21H23FN6O4S. The van der Waals surface area contributed by atoms with Gasteiger partial charge in [0.15, 0.2) is 21.6 Å². The molecule has 1 fully saturated rings. The van der Waals surface area contributed by atoms with Crippen LogP contribution >= 0.6 is 0 Å². The number of carbonyl (C=O) groups is 1. The highest BCUT2D eigenvalue weighted by Crippen LogP contribution is 2.29. The van der Waals surface area contributed by atoms with Gasteiger partial charge in [0.25, 0.3) is 0 Å². The van der Waals surface area contributed by atoms with Gasteiger partial charge in [0.1, 0.15) is 12.7 Å². The SMILES string of the molecule is CS(=O)(=O)c1ccc(N2CCN(c3c(C#N)ccc(COC(=O)NC(=N)N)c3F)CC2)cc1. The summed E-state index contributed by atoms with van der Waals surface area (Å²) >= 11 is 0. The average molecular weight is 475 g/mol. The zero-order valence-electron chi connectivity index (χ0n) is 17.8. The minimum atomic E-state index is -3.28. The van der Waals surface area contributed by atoms with Crippen molar-refractivity contribution in [3.63, 3.8) is 0 Å². The number of nitrogens with zero attached hydrogens (tertiary/aromatic N) is 3. The van der Waals surface area contributed by atoms with Gasteiger partial charge in [-0.2, -0.15) is 5.26 Å².